The molecule has 304 valence electrons. The van der Waals surface area contributed by atoms with Crippen molar-refractivity contribution in [1.29, 1.82) is 0 Å². The van der Waals surface area contributed by atoms with Gasteiger partial charge in [-0.1, -0.05) is 138 Å². The van der Waals surface area contributed by atoms with Crippen LogP contribution in [-0.4, -0.2) is 78.9 Å². The van der Waals surface area contributed by atoms with Crippen LogP contribution in [0.25, 0.3) is 0 Å². The fraction of sp³-hybridized carbons (Fsp3) is 0.457. The van der Waals surface area contributed by atoms with E-state index in [1.165, 1.54) is 0 Å². The van der Waals surface area contributed by atoms with Crippen molar-refractivity contribution in [1.82, 2.24) is 20.9 Å². The van der Waals surface area contributed by atoms with Crippen LogP contribution in [0, 0.1) is 5.92 Å². The third-order valence-electron chi connectivity index (χ3n) is 11.7. The van der Waals surface area contributed by atoms with E-state index in [-0.39, 0.29) is 41.9 Å². The molecule has 0 bridgehead atoms. The Morgan fingerprint density at radius 3 is 1.98 bits per heavy atom. The molecule has 3 N–H and O–H groups in total. The van der Waals surface area contributed by atoms with Crippen LogP contribution in [0.4, 0.5) is 0 Å². The lowest BCUT2D eigenvalue weighted by Crippen LogP contribution is -2.68. The van der Waals surface area contributed by atoms with E-state index < -0.39 is 55.8 Å². The zero-order valence-corrected chi connectivity index (χ0v) is 35.5. The first kappa shape index (κ1) is 43.3. The molecule has 10 nitrogen and oxygen atoms in total. The van der Waals surface area contributed by atoms with Gasteiger partial charge in [-0.3, -0.25) is 24.0 Å². The topological polar surface area (TPSA) is 134 Å². The molecule has 3 aromatic rings. The molecule has 0 spiro atoms. The van der Waals surface area contributed by atoms with Crippen molar-refractivity contribution < 1.29 is 28.4 Å². The first-order valence-electron chi connectivity index (χ1n) is 20.3. The number of rotatable bonds is 13. The van der Waals surface area contributed by atoms with Gasteiger partial charge in [-0.15, -0.1) is 0 Å². The molecule has 2 saturated heterocycles. The number of fused-ring (bicyclic) bond motifs is 1. The molecule has 0 radical (unpaired) electrons. The van der Waals surface area contributed by atoms with Crippen molar-refractivity contribution in [3.05, 3.63) is 109 Å². The maximum atomic E-state index is 14.1. The molecule has 4 amide bonds. The van der Waals surface area contributed by atoms with Gasteiger partial charge in [0.2, 0.25) is 23.6 Å². The second-order valence-corrected chi connectivity index (χ2v) is 21.2. The first-order valence-corrected chi connectivity index (χ1v) is 22.2. The van der Waals surface area contributed by atoms with Crippen molar-refractivity contribution >= 4 is 48.1 Å². The monoisotopic (exact) mass is 792 g/mol. The fourth-order valence-electron chi connectivity index (χ4n) is 7.97. The van der Waals surface area contributed by atoms with Crippen LogP contribution in [0.15, 0.2) is 103 Å². The zero-order valence-electron chi connectivity index (χ0n) is 34.5. The molecule has 57 heavy (non-hydrogen) atoms. The van der Waals surface area contributed by atoms with Crippen LogP contribution in [0.5, 0.6) is 0 Å². The van der Waals surface area contributed by atoms with Gasteiger partial charge in [0.25, 0.3) is 8.32 Å². The highest BCUT2D eigenvalue weighted by molar-refractivity contribution is 6.99. The van der Waals surface area contributed by atoms with Gasteiger partial charge in [0.1, 0.15) is 29.8 Å². The number of hydrogen-bond acceptors (Lipinski definition) is 6. The number of nitrogens with zero attached hydrogens (tertiary/aromatic N) is 1. The Bertz CT molecular complexity index is 1860. The fourth-order valence-corrected chi connectivity index (χ4v) is 12.6. The van der Waals surface area contributed by atoms with Crippen LogP contribution in [-0.2, 0) is 34.8 Å². The minimum absolute atomic E-state index is 0.0634. The molecular weight excluding hydrogens is 733 g/mol. The van der Waals surface area contributed by atoms with Gasteiger partial charge < -0.3 is 25.3 Å². The van der Waals surface area contributed by atoms with Crippen molar-refractivity contribution in [2.75, 3.05) is 6.54 Å². The number of carbonyl (C=O) groups is 5. The highest BCUT2D eigenvalue weighted by atomic mass is 28.4. The summed E-state index contributed by atoms with van der Waals surface area (Å²) >= 11 is 0. The Kier molecular flexibility index (Phi) is 14.1. The van der Waals surface area contributed by atoms with E-state index in [0.717, 1.165) is 15.9 Å². The summed E-state index contributed by atoms with van der Waals surface area (Å²) in [5.41, 5.74) is -0.502. The Morgan fingerprint density at radius 2 is 1.42 bits per heavy atom. The molecule has 0 saturated carbocycles. The summed E-state index contributed by atoms with van der Waals surface area (Å²) in [5.74, 6) is -2.07. The molecule has 0 unspecified atom stereocenters. The second-order valence-electron chi connectivity index (χ2n) is 17.0. The Balaban J connectivity index is 1.30. The van der Waals surface area contributed by atoms with Crippen molar-refractivity contribution in [2.24, 2.45) is 5.92 Å². The SMILES string of the molecule is CC(C)[C@]1(C)NC(=O)[C@H](CCC=CCC(=O)[C@@H](C)O[Si](c2ccccc2)(c2ccccc2)C(C)(C)C)NC(=O)[C@H]2CCCN2C(=O)[C@H](Cc2ccccc2)NC1=O. The number of nitrogens with one attached hydrogen (secondary N) is 3. The molecule has 5 atom stereocenters. The molecular formula is C46H60N4O6Si. The van der Waals surface area contributed by atoms with Crippen LogP contribution < -0.4 is 26.3 Å². The summed E-state index contributed by atoms with van der Waals surface area (Å²) in [6.45, 7) is 14.1. The van der Waals surface area contributed by atoms with E-state index in [1.807, 2.05) is 93.6 Å². The highest BCUT2D eigenvalue weighted by Crippen LogP contribution is 2.37. The predicted octanol–water partition coefficient (Wildman–Crippen LogP) is 4.99. The van der Waals surface area contributed by atoms with Crippen molar-refractivity contribution in [2.45, 2.75) is 122 Å². The van der Waals surface area contributed by atoms with E-state index in [9.17, 15) is 24.0 Å². The molecule has 11 heteroatoms. The summed E-state index contributed by atoms with van der Waals surface area (Å²) in [4.78, 5) is 71.2. The molecule has 0 aliphatic carbocycles. The first-order chi connectivity index (χ1) is 27.1. The van der Waals surface area contributed by atoms with E-state index in [1.54, 1.807) is 17.9 Å². The lowest BCUT2D eigenvalue weighted by molar-refractivity contribution is -0.145. The molecule has 2 aliphatic heterocycles. The predicted molar refractivity (Wildman–Crippen MR) is 226 cm³/mol. The maximum absolute atomic E-state index is 14.1. The number of carbonyl (C=O) groups excluding carboxylic acids is 5. The van der Waals surface area contributed by atoms with E-state index in [4.69, 9.17) is 4.43 Å². The number of allylic oxidation sites excluding steroid dienone is 2. The number of amides is 4. The van der Waals surface area contributed by atoms with Gasteiger partial charge in [0, 0.05) is 19.4 Å². The van der Waals surface area contributed by atoms with Gasteiger partial charge in [-0.25, -0.2) is 0 Å². The van der Waals surface area contributed by atoms with Crippen LogP contribution in [0.3, 0.4) is 0 Å². The minimum atomic E-state index is -2.93. The lowest BCUT2D eigenvalue weighted by atomic mass is 9.86. The third kappa shape index (κ3) is 9.81. The number of ketones is 1. The van der Waals surface area contributed by atoms with E-state index >= 15 is 0 Å². The number of benzene rings is 3. The number of Topliss-reactive ketones (excluding diaryl/α,β-unsaturated/α-hetero) is 1. The summed E-state index contributed by atoms with van der Waals surface area (Å²) < 4.78 is 7.00. The maximum Gasteiger partial charge on any atom is 0.262 e. The minimum Gasteiger partial charge on any atom is -0.398 e. The molecule has 2 heterocycles. The zero-order chi connectivity index (χ0) is 41.4. The normalized spacial score (nSPS) is 22.9. The van der Waals surface area contributed by atoms with E-state index in [2.05, 4.69) is 61.0 Å². The average molecular weight is 793 g/mol. The summed E-state index contributed by atoms with van der Waals surface area (Å²) in [7, 11) is -2.93. The summed E-state index contributed by atoms with van der Waals surface area (Å²) in [5, 5.41) is 10.7. The quantitative estimate of drug-likeness (QED) is 0.165. The molecule has 5 rings (SSSR count). The second kappa shape index (κ2) is 18.6. The van der Waals surface area contributed by atoms with Crippen molar-refractivity contribution in [3.63, 3.8) is 0 Å². The summed E-state index contributed by atoms with van der Waals surface area (Å²) in [6, 6.07) is 27.2. The largest absolute Gasteiger partial charge is 0.398 e. The van der Waals surface area contributed by atoms with Crippen LogP contribution in [0.2, 0.25) is 5.04 Å². The molecule has 2 fully saturated rings. The summed E-state index contributed by atoms with van der Waals surface area (Å²) in [6.07, 6.45) is 5.04. The third-order valence-corrected chi connectivity index (χ3v) is 16.8. The average Bonchev–Trinajstić information content (AvgIpc) is 3.69. The van der Waals surface area contributed by atoms with Crippen LogP contribution in [0.1, 0.15) is 86.1 Å². The number of hydrogen-bond donors (Lipinski definition) is 3. The lowest BCUT2D eigenvalue weighted by Gasteiger charge is -2.44. The van der Waals surface area contributed by atoms with Gasteiger partial charge in [-0.2, -0.15) is 0 Å². The van der Waals surface area contributed by atoms with Crippen molar-refractivity contribution in [3.8, 4) is 0 Å². The molecule has 3 aromatic carbocycles. The van der Waals surface area contributed by atoms with Crippen LogP contribution >= 0.6 is 0 Å². The standard InChI is InChI=1S/C46H60N4O6Si/c1-32(2)46(7)44(55)48-38(31-34-21-12-8-13-22-34)43(54)50-30-20-28-39(50)42(53)47-37(41(52)49-46)27-18-11-19-29-40(51)33(3)56-57(45(4,5)6,35-23-14-9-15-24-35)36-25-16-10-17-26-36/h8-17,19,21-26,32-33,37-39H,18,20,27-31H2,1-7H3,(H,47,53)(H,48,55)(H,49,52)/t33-,37+,38+,39-,46+/m1/s1. The molecule has 0 aromatic heterocycles. The van der Waals surface area contributed by atoms with Gasteiger partial charge in [-0.05, 0) is 66.4 Å². The smallest absolute Gasteiger partial charge is 0.262 e. The van der Waals surface area contributed by atoms with Gasteiger partial charge in [0.15, 0.2) is 5.78 Å². The highest BCUT2D eigenvalue weighted by Gasteiger charge is 2.51. The Hall–Kier alpha value is -4.87. The Morgan fingerprint density at radius 1 is 0.842 bits per heavy atom. The van der Waals surface area contributed by atoms with Gasteiger partial charge in [0.05, 0.1) is 0 Å². The van der Waals surface area contributed by atoms with E-state index in [0.29, 0.717) is 25.8 Å². The van der Waals surface area contributed by atoms with Gasteiger partial charge >= 0.3 is 0 Å². The Labute approximate surface area is 339 Å². The molecule has 2 aliphatic rings.